The van der Waals surface area contributed by atoms with Gasteiger partial charge in [-0.25, -0.2) is 0 Å². The predicted molar refractivity (Wildman–Crippen MR) is 77.6 cm³/mol. The number of aliphatic hydroxyl groups is 1. The van der Waals surface area contributed by atoms with Gasteiger partial charge < -0.3 is 10.0 Å². The van der Waals surface area contributed by atoms with Crippen LogP contribution in [0.15, 0.2) is 0 Å². The molecule has 0 bridgehead atoms. The highest BCUT2D eigenvalue weighted by molar-refractivity contribution is 5.60. The van der Waals surface area contributed by atoms with Crippen LogP contribution in [0.1, 0.15) is 50.4 Å². The monoisotopic (exact) mass is 274 g/mol. The Balaban J connectivity index is 2.29. The highest BCUT2D eigenvalue weighted by atomic mass is 16.3. The Labute approximate surface area is 120 Å². The summed E-state index contributed by atoms with van der Waals surface area (Å²) in [5.74, 6) is 0.627. The number of hydrogen-bond donors (Lipinski definition) is 1. The van der Waals surface area contributed by atoms with Crippen molar-refractivity contribution in [2.75, 3.05) is 18.0 Å². The lowest BCUT2D eigenvalue weighted by Gasteiger charge is -2.47. The molecule has 1 aromatic rings. The van der Waals surface area contributed by atoms with Gasteiger partial charge >= 0.3 is 0 Å². The Morgan fingerprint density at radius 3 is 2.45 bits per heavy atom. The van der Waals surface area contributed by atoms with Crippen LogP contribution in [-0.2, 0) is 12.8 Å². The molecule has 0 unspecified atom stereocenters. The molecule has 2 rings (SSSR count). The molecule has 1 fully saturated rings. The predicted octanol–water partition coefficient (Wildman–Crippen LogP) is 1.82. The van der Waals surface area contributed by atoms with Crippen LogP contribution in [0.4, 0.5) is 5.82 Å². The first-order valence-corrected chi connectivity index (χ1v) is 7.34. The first kappa shape index (κ1) is 14.7. The zero-order chi connectivity index (χ0) is 14.8. The molecule has 1 aromatic heterocycles. The molecule has 1 aliphatic heterocycles. The summed E-state index contributed by atoms with van der Waals surface area (Å²) in [6, 6.07) is 2.27. The lowest BCUT2D eigenvalue weighted by Crippen LogP contribution is -2.62. The van der Waals surface area contributed by atoms with E-state index in [9.17, 15) is 10.4 Å². The fourth-order valence-electron chi connectivity index (χ4n) is 2.94. The second-order valence-corrected chi connectivity index (χ2v) is 5.47. The number of β-amino-alcohol motifs (C(OH)–C–C–N with tert-alkyl or cyclic N) is 1. The Hall–Kier alpha value is -1.67. The number of anilines is 1. The van der Waals surface area contributed by atoms with Crippen LogP contribution >= 0.6 is 0 Å². The number of nitrogens with zero attached hydrogens (tertiary/aromatic N) is 4. The van der Waals surface area contributed by atoms with E-state index in [4.69, 9.17) is 0 Å². The van der Waals surface area contributed by atoms with Crippen LogP contribution in [0.25, 0.3) is 0 Å². The first-order chi connectivity index (χ1) is 9.58. The lowest BCUT2D eigenvalue weighted by atomic mass is 9.88. The minimum absolute atomic E-state index is 0.541. The Bertz CT molecular complexity index is 529. The van der Waals surface area contributed by atoms with E-state index in [2.05, 4.69) is 23.2 Å². The maximum Gasteiger partial charge on any atom is 0.169 e. The normalized spacial score (nSPS) is 16.6. The highest BCUT2D eigenvalue weighted by Gasteiger charge is 2.42. The molecule has 5 nitrogen and oxygen atoms in total. The van der Waals surface area contributed by atoms with Crippen molar-refractivity contribution in [2.24, 2.45) is 0 Å². The molecule has 1 aliphatic rings. The van der Waals surface area contributed by atoms with Gasteiger partial charge in [-0.05, 0) is 24.8 Å². The minimum Gasteiger partial charge on any atom is -0.386 e. The van der Waals surface area contributed by atoms with Crippen LogP contribution in [0.3, 0.4) is 0 Å². The third-order valence-corrected chi connectivity index (χ3v) is 3.92. The number of aryl methyl sites for hydroxylation is 1. The van der Waals surface area contributed by atoms with Gasteiger partial charge in [0.1, 0.15) is 11.6 Å². The molecule has 0 aromatic carbocycles. The van der Waals surface area contributed by atoms with Gasteiger partial charge in [-0.1, -0.05) is 27.2 Å². The lowest BCUT2D eigenvalue weighted by molar-refractivity contribution is 0.00282. The molecule has 108 valence electrons. The van der Waals surface area contributed by atoms with Gasteiger partial charge in [-0.2, -0.15) is 10.4 Å². The van der Waals surface area contributed by atoms with Gasteiger partial charge in [0.05, 0.1) is 24.4 Å². The molecule has 0 saturated carbocycles. The Morgan fingerprint density at radius 2 is 1.95 bits per heavy atom. The highest BCUT2D eigenvalue weighted by Crippen LogP contribution is 2.32. The molecule has 1 saturated heterocycles. The summed E-state index contributed by atoms with van der Waals surface area (Å²) in [5, 5.41) is 28.2. The maximum absolute atomic E-state index is 10.3. The first-order valence-electron chi connectivity index (χ1n) is 7.34. The van der Waals surface area contributed by atoms with Crippen molar-refractivity contribution >= 4 is 5.82 Å². The van der Waals surface area contributed by atoms with Gasteiger partial charge in [-0.15, -0.1) is 5.10 Å². The van der Waals surface area contributed by atoms with Crippen molar-refractivity contribution in [2.45, 2.75) is 52.1 Å². The summed E-state index contributed by atoms with van der Waals surface area (Å²) >= 11 is 0. The van der Waals surface area contributed by atoms with E-state index in [1.165, 1.54) is 0 Å². The van der Waals surface area contributed by atoms with Crippen molar-refractivity contribution in [1.82, 2.24) is 10.2 Å². The van der Waals surface area contributed by atoms with Crippen LogP contribution < -0.4 is 4.90 Å². The van der Waals surface area contributed by atoms with E-state index in [-0.39, 0.29) is 0 Å². The molecular weight excluding hydrogens is 252 g/mol. The molecule has 5 heteroatoms. The maximum atomic E-state index is 10.3. The van der Waals surface area contributed by atoms with Crippen LogP contribution in [0, 0.1) is 11.3 Å². The zero-order valence-electron chi connectivity index (χ0n) is 12.5. The van der Waals surface area contributed by atoms with Crippen molar-refractivity contribution in [3.8, 4) is 6.07 Å². The fourth-order valence-corrected chi connectivity index (χ4v) is 2.94. The van der Waals surface area contributed by atoms with Crippen molar-refractivity contribution in [3.05, 3.63) is 16.8 Å². The molecule has 0 atom stereocenters. The summed E-state index contributed by atoms with van der Waals surface area (Å²) in [5.41, 5.74) is 1.89. The third-order valence-electron chi connectivity index (χ3n) is 3.92. The molecule has 0 aliphatic carbocycles. The quantitative estimate of drug-likeness (QED) is 0.886. The minimum atomic E-state index is -0.626. The molecular formula is C15H22N4O. The van der Waals surface area contributed by atoms with Crippen LogP contribution in [-0.4, -0.2) is 34.0 Å². The average Bonchev–Trinajstić information content (AvgIpc) is 2.43. The zero-order valence-corrected chi connectivity index (χ0v) is 12.5. The molecule has 2 heterocycles. The topological polar surface area (TPSA) is 73.0 Å². The molecule has 0 radical (unpaired) electrons. The summed E-state index contributed by atoms with van der Waals surface area (Å²) < 4.78 is 0. The van der Waals surface area contributed by atoms with E-state index in [1.807, 2.05) is 18.7 Å². The van der Waals surface area contributed by atoms with Gasteiger partial charge in [0.25, 0.3) is 0 Å². The largest absolute Gasteiger partial charge is 0.386 e. The molecule has 20 heavy (non-hydrogen) atoms. The van der Waals surface area contributed by atoms with E-state index in [0.717, 1.165) is 36.9 Å². The molecule has 0 spiro atoms. The van der Waals surface area contributed by atoms with E-state index in [0.29, 0.717) is 24.5 Å². The molecule has 1 N–H and O–H groups in total. The average molecular weight is 274 g/mol. The van der Waals surface area contributed by atoms with Gasteiger partial charge in [0, 0.05) is 0 Å². The van der Waals surface area contributed by atoms with Gasteiger partial charge in [0.15, 0.2) is 5.82 Å². The number of nitriles is 1. The number of rotatable bonds is 5. The Kier molecular flexibility index (Phi) is 4.24. The van der Waals surface area contributed by atoms with E-state index in [1.54, 1.807) is 0 Å². The number of aromatic nitrogens is 2. The fraction of sp³-hybridized carbons (Fsp3) is 0.667. The van der Waals surface area contributed by atoms with Crippen molar-refractivity contribution < 1.29 is 5.11 Å². The van der Waals surface area contributed by atoms with E-state index >= 15 is 0 Å². The van der Waals surface area contributed by atoms with Crippen LogP contribution in [0.5, 0.6) is 0 Å². The SMILES string of the molecule is CCCC1(O)CN(c2nnc(CC)c(CC)c2C#N)C1. The Morgan fingerprint density at radius 1 is 1.25 bits per heavy atom. The van der Waals surface area contributed by atoms with Crippen molar-refractivity contribution in [3.63, 3.8) is 0 Å². The van der Waals surface area contributed by atoms with Gasteiger partial charge in [-0.3, -0.25) is 0 Å². The standard InChI is InChI=1S/C15H22N4O/c1-4-7-15(20)9-19(10-15)14-12(8-16)11(5-2)13(6-3)17-18-14/h20H,4-7,9-10H2,1-3H3. The smallest absolute Gasteiger partial charge is 0.169 e. The second-order valence-electron chi connectivity index (χ2n) is 5.47. The van der Waals surface area contributed by atoms with Gasteiger partial charge in [0.2, 0.25) is 0 Å². The molecule has 0 amide bonds. The van der Waals surface area contributed by atoms with E-state index < -0.39 is 5.60 Å². The van der Waals surface area contributed by atoms with Crippen LogP contribution in [0.2, 0.25) is 0 Å². The summed E-state index contributed by atoms with van der Waals surface area (Å²) in [7, 11) is 0. The summed E-state index contributed by atoms with van der Waals surface area (Å²) in [6.07, 6.45) is 3.30. The van der Waals surface area contributed by atoms with Crippen molar-refractivity contribution in [1.29, 1.82) is 5.26 Å². The summed E-state index contributed by atoms with van der Waals surface area (Å²) in [4.78, 5) is 1.96. The second kappa shape index (κ2) is 5.76. The number of hydrogen-bond acceptors (Lipinski definition) is 5. The summed E-state index contributed by atoms with van der Waals surface area (Å²) in [6.45, 7) is 7.20. The third kappa shape index (κ3) is 2.48.